The van der Waals surface area contributed by atoms with Gasteiger partial charge in [-0.15, -0.1) is 0 Å². The quantitative estimate of drug-likeness (QED) is 0.805. The lowest BCUT2D eigenvalue weighted by molar-refractivity contribution is 0.107. The topological polar surface area (TPSA) is 39.2 Å². The van der Waals surface area contributed by atoms with Gasteiger partial charge in [-0.25, -0.2) is 13.8 Å². The summed E-state index contributed by atoms with van der Waals surface area (Å²) < 4.78 is 29.5. The first-order valence-corrected chi connectivity index (χ1v) is 4.87. The number of alkyl halides is 2. The lowest BCUT2D eigenvalue weighted by Gasteiger charge is -2.08. The molecule has 0 fully saturated rings. The highest BCUT2D eigenvalue weighted by atomic mass is 79.9. The van der Waals surface area contributed by atoms with Crippen molar-refractivity contribution in [3.63, 3.8) is 0 Å². The van der Waals surface area contributed by atoms with Crippen molar-refractivity contribution in [3.05, 3.63) is 21.8 Å². The normalized spacial score (nSPS) is 10.5. The van der Waals surface area contributed by atoms with Crippen LogP contribution in [0.4, 0.5) is 8.78 Å². The number of ether oxygens (including phenoxy) is 1. The minimum absolute atomic E-state index is 0.0661. The molecular formula is C8H5BrClF2NO2. The molecule has 0 aromatic carbocycles. The lowest BCUT2D eigenvalue weighted by Crippen LogP contribution is -2.03. The molecule has 1 aromatic rings. The third-order valence-corrected chi connectivity index (χ3v) is 2.39. The molecule has 0 aliphatic carbocycles. The second kappa shape index (κ2) is 4.85. The monoisotopic (exact) mass is 299 g/mol. The van der Waals surface area contributed by atoms with E-state index in [2.05, 4.69) is 20.9 Å². The first kappa shape index (κ1) is 12.3. The first-order chi connectivity index (χ1) is 6.97. The van der Waals surface area contributed by atoms with Crippen molar-refractivity contribution in [2.24, 2.45) is 0 Å². The summed E-state index contributed by atoms with van der Waals surface area (Å²) in [5.74, 6) is -0.223. The molecule has 0 unspecified atom stereocenters. The Kier molecular flexibility index (Phi) is 3.98. The van der Waals surface area contributed by atoms with E-state index in [1.165, 1.54) is 7.11 Å². The predicted octanol–water partition coefficient (Wildman–Crippen LogP) is 3.17. The molecule has 0 bridgehead atoms. The Morgan fingerprint density at radius 2 is 2.27 bits per heavy atom. The smallest absolute Gasteiger partial charge is 0.280 e. The second-order valence-electron chi connectivity index (χ2n) is 2.49. The highest BCUT2D eigenvalue weighted by Crippen LogP contribution is 2.30. The van der Waals surface area contributed by atoms with Crippen LogP contribution in [0.25, 0.3) is 0 Å². The van der Waals surface area contributed by atoms with Crippen LogP contribution in [0.2, 0.25) is 0 Å². The highest BCUT2D eigenvalue weighted by molar-refractivity contribution is 9.10. The Hall–Kier alpha value is -0.750. The molecular weight excluding hydrogens is 295 g/mol. The fourth-order valence-corrected chi connectivity index (χ4v) is 1.83. The van der Waals surface area contributed by atoms with Crippen LogP contribution in [0.15, 0.2) is 10.5 Å². The number of aromatic nitrogens is 1. The number of pyridine rings is 1. The molecule has 15 heavy (non-hydrogen) atoms. The molecule has 0 radical (unpaired) electrons. The molecule has 0 spiro atoms. The summed E-state index contributed by atoms with van der Waals surface area (Å²) in [5.41, 5.74) is -0.552. The van der Waals surface area contributed by atoms with Gasteiger partial charge in [-0.3, -0.25) is 4.79 Å². The van der Waals surface area contributed by atoms with Gasteiger partial charge in [-0.2, -0.15) is 0 Å². The fraction of sp³-hybridized carbons (Fsp3) is 0.250. The van der Waals surface area contributed by atoms with Crippen molar-refractivity contribution >= 4 is 32.8 Å². The molecule has 0 saturated carbocycles. The van der Waals surface area contributed by atoms with E-state index in [0.717, 1.165) is 6.07 Å². The first-order valence-electron chi connectivity index (χ1n) is 3.69. The van der Waals surface area contributed by atoms with E-state index in [1.807, 2.05) is 0 Å². The Labute approximate surface area is 97.5 Å². The standard InChI is InChI=1S/C8H5BrClF2NO2/c1-15-8-5(6(10)14)3(9)2-4(13-8)7(11)12/h2,7H,1H3. The molecule has 0 N–H and O–H groups in total. The Morgan fingerprint density at radius 1 is 1.67 bits per heavy atom. The van der Waals surface area contributed by atoms with E-state index >= 15 is 0 Å². The number of hydrogen-bond acceptors (Lipinski definition) is 3. The van der Waals surface area contributed by atoms with E-state index in [9.17, 15) is 13.6 Å². The van der Waals surface area contributed by atoms with Crippen molar-refractivity contribution < 1.29 is 18.3 Å². The van der Waals surface area contributed by atoms with Crippen molar-refractivity contribution in [1.29, 1.82) is 0 Å². The van der Waals surface area contributed by atoms with Gasteiger partial charge in [0.05, 0.1) is 7.11 Å². The van der Waals surface area contributed by atoms with Crippen LogP contribution in [0.5, 0.6) is 5.88 Å². The number of rotatable bonds is 3. The molecule has 82 valence electrons. The summed E-state index contributed by atoms with van der Waals surface area (Å²) in [6.45, 7) is 0. The molecule has 0 amide bonds. The average Bonchev–Trinajstić information content (AvgIpc) is 2.15. The summed E-state index contributed by atoms with van der Waals surface area (Å²) in [4.78, 5) is 14.4. The van der Waals surface area contributed by atoms with Gasteiger partial charge >= 0.3 is 0 Å². The van der Waals surface area contributed by atoms with Crippen LogP contribution in [-0.2, 0) is 0 Å². The molecule has 7 heteroatoms. The number of methoxy groups -OCH3 is 1. The van der Waals surface area contributed by atoms with Gasteiger partial charge in [0.25, 0.3) is 11.7 Å². The molecule has 0 aliphatic heterocycles. The van der Waals surface area contributed by atoms with Crippen molar-refractivity contribution in [2.45, 2.75) is 6.43 Å². The average molecular weight is 300 g/mol. The van der Waals surface area contributed by atoms with Crippen LogP contribution >= 0.6 is 27.5 Å². The van der Waals surface area contributed by atoms with Gasteiger partial charge in [0.15, 0.2) is 0 Å². The molecule has 0 saturated heterocycles. The van der Waals surface area contributed by atoms with Crippen LogP contribution < -0.4 is 4.74 Å². The maximum absolute atomic E-state index is 12.3. The zero-order chi connectivity index (χ0) is 11.6. The van der Waals surface area contributed by atoms with E-state index in [4.69, 9.17) is 16.3 Å². The number of halogens is 4. The predicted molar refractivity (Wildman–Crippen MR) is 53.6 cm³/mol. The Morgan fingerprint density at radius 3 is 2.67 bits per heavy atom. The lowest BCUT2D eigenvalue weighted by atomic mass is 10.2. The van der Waals surface area contributed by atoms with Gasteiger partial charge in [0.1, 0.15) is 11.3 Å². The number of carbonyl (C=O) groups excluding carboxylic acids is 1. The highest BCUT2D eigenvalue weighted by Gasteiger charge is 2.20. The maximum atomic E-state index is 12.3. The van der Waals surface area contributed by atoms with Crippen LogP contribution in [0.1, 0.15) is 22.5 Å². The van der Waals surface area contributed by atoms with Crippen LogP contribution in [0, 0.1) is 0 Å². The zero-order valence-electron chi connectivity index (χ0n) is 7.43. The number of nitrogens with zero attached hydrogens (tertiary/aromatic N) is 1. The van der Waals surface area contributed by atoms with E-state index in [-0.39, 0.29) is 15.9 Å². The summed E-state index contributed by atoms with van der Waals surface area (Å²) >= 11 is 8.20. The number of carbonyl (C=O) groups is 1. The van der Waals surface area contributed by atoms with Crippen LogP contribution in [0.3, 0.4) is 0 Å². The summed E-state index contributed by atoms with van der Waals surface area (Å²) in [6.07, 6.45) is -2.74. The van der Waals surface area contributed by atoms with Crippen molar-refractivity contribution in [2.75, 3.05) is 7.11 Å². The van der Waals surface area contributed by atoms with Gasteiger partial charge < -0.3 is 4.74 Å². The van der Waals surface area contributed by atoms with Crippen molar-refractivity contribution in [3.8, 4) is 5.88 Å². The van der Waals surface area contributed by atoms with Crippen molar-refractivity contribution in [1.82, 2.24) is 4.98 Å². The molecule has 1 rings (SSSR count). The fourth-order valence-electron chi connectivity index (χ4n) is 0.947. The van der Waals surface area contributed by atoms with E-state index in [1.54, 1.807) is 0 Å². The van der Waals surface area contributed by atoms with Gasteiger partial charge in [-0.05, 0) is 33.6 Å². The molecule has 0 atom stereocenters. The summed E-state index contributed by atoms with van der Waals surface area (Å²) in [5, 5.41) is -0.827. The second-order valence-corrected chi connectivity index (χ2v) is 3.69. The third-order valence-electron chi connectivity index (χ3n) is 1.57. The van der Waals surface area contributed by atoms with E-state index < -0.39 is 17.4 Å². The SMILES string of the molecule is COc1nc(C(F)F)cc(Br)c1C(=O)Cl. The molecule has 3 nitrogen and oxygen atoms in total. The number of hydrogen-bond donors (Lipinski definition) is 0. The largest absolute Gasteiger partial charge is 0.480 e. The Balaban J connectivity index is 3.37. The van der Waals surface area contributed by atoms with Gasteiger partial charge in [0, 0.05) is 4.47 Å². The maximum Gasteiger partial charge on any atom is 0.280 e. The summed E-state index contributed by atoms with van der Waals surface area (Å²) in [7, 11) is 1.22. The summed E-state index contributed by atoms with van der Waals surface area (Å²) in [6, 6.07) is 1.03. The molecule has 1 heterocycles. The minimum Gasteiger partial charge on any atom is -0.480 e. The van der Waals surface area contributed by atoms with Gasteiger partial charge in [-0.1, -0.05) is 0 Å². The zero-order valence-corrected chi connectivity index (χ0v) is 9.77. The molecule has 0 aliphatic rings. The van der Waals surface area contributed by atoms with Gasteiger partial charge in [0.2, 0.25) is 5.88 Å². The Bertz CT molecular complexity index is 400. The molecule has 1 aromatic heterocycles. The third kappa shape index (κ3) is 2.63. The van der Waals surface area contributed by atoms with Crippen LogP contribution in [-0.4, -0.2) is 17.3 Å². The van der Waals surface area contributed by atoms with E-state index in [0.29, 0.717) is 0 Å². The minimum atomic E-state index is -2.74.